The van der Waals surface area contributed by atoms with Crippen LogP contribution >= 0.6 is 0 Å². The third kappa shape index (κ3) is 4.25. The van der Waals surface area contributed by atoms with Crippen molar-refractivity contribution >= 4 is 5.91 Å². The van der Waals surface area contributed by atoms with Gasteiger partial charge in [0, 0.05) is 36.7 Å². The maximum atomic E-state index is 13.9. The first-order valence-corrected chi connectivity index (χ1v) is 7.48. The van der Waals surface area contributed by atoms with Gasteiger partial charge in [-0.2, -0.15) is 0 Å². The zero-order valence-electron chi connectivity index (χ0n) is 12.7. The molecule has 4 nitrogen and oxygen atoms in total. The standard InChI is InChI=1S/C16H24FN3O/c1-11(14-5-3-4-6-15(14)17)20(2)13(10-18)9-16(21)19-12-7-8-12/h3-6,11-13H,7-10,18H2,1-2H3,(H,19,21). The summed E-state index contributed by atoms with van der Waals surface area (Å²) in [4.78, 5) is 13.9. The second kappa shape index (κ2) is 7.00. The van der Waals surface area contributed by atoms with Crippen molar-refractivity contribution in [3.8, 4) is 0 Å². The number of nitrogens with one attached hydrogen (secondary N) is 1. The van der Waals surface area contributed by atoms with Gasteiger partial charge in [-0.15, -0.1) is 0 Å². The van der Waals surface area contributed by atoms with Gasteiger partial charge in [0.05, 0.1) is 0 Å². The van der Waals surface area contributed by atoms with E-state index in [1.165, 1.54) is 6.07 Å². The molecule has 0 radical (unpaired) electrons. The Morgan fingerprint density at radius 3 is 2.71 bits per heavy atom. The highest BCUT2D eigenvalue weighted by Crippen LogP contribution is 2.24. The molecule has 116 valence electrons. The Balaban J connectivity index is 1.99. The van der Waals surface area contributed by atoms with Crippen LogP contribution in [0.5, 0.6) is 0 Å². The van der Waals surface area contributed by atoms with Gasteiger partial charge in [0.15, 0.2) is 0 Å². The fourth-order valence-electron chi connectivity index (χ4n) is 2.47. The molecule has 2 atom stereocenters. The number of halogens is 1. The van der Waals surface area contributed by atoms with E-state index >= 15 is 0 Å². The van der Waals surface area contributed by atoms with Crippen molar-refractivity contribution in [2.24, 2.45) is 5.73 Å². The van der Waals surface area contributed by atoms with E-state index in [-0.39, 0.29) is 23.8 Å². The Kier molecular flexibility index (Phi) is 5.31. The van der Waals surface area contributed by atoms with Crippen LogP contribution in [0.3, 0.4) is 0 Å². The van der Waals surface area contributed by atoms with Gasteiger partial charge in [0.2, 0.25) is 5.91 Å². The van der Waals surface area contributed by atoms with Gasteiger partial charge in [-0.3, -0.25) is 9.69 Å². The molecule has 5 heteroatoms. The summed E-state index contributed by atoms with van der Waals surface area (Å²) in [5.74, 6) is -0.199. The zero-order chi connectivity index (χ0) is 15.4. The van der Waals surface area contributed by atoms with E-state index in [9.17, 15) is 9.18 Å². The molecular formula is C16H24FN3O. The average Bonchev–Trinajstić information content (AvgIpc) is 3.27. The van der Waals surface area contributed by atoms with Gasteiger partial charge in [-0.05, 0) is 32.9 Å². The van der Waals surface area contributed by atoms with Crippen LogP contribution in [0, 0.1) is 5.82 Å². The van der Waals surface area contributed by atoms with Gasteiger partial charge >= 0.3 is 0 Å². The van der Waals surface area contributed by atoms with E-state index in [0.29, 0.717) is 24.6 Å². The van der Waals surface area contributed by atoms with Gasteiger partial charge in [-0.25, -0.2) is 4.39 Å². The van der Waals surface area contributed by atoms with Crippen LogP contribution < -0.4 is 11.1 Å². The van der Waals surface area contributed by atoms with Crippen molar-refractivity contribution in [1.82, 2.24) is 10.2 Å². The van der Waals surface area contributed by atoms with Gasteiger partial charge in [0.25, 0.3) is 0 Å². The van der Waals surface area contributed by atoms with Crippen LogP contribution in [0.1, 0.15) is 37.8 Å². The first-order chi connectivity index (χ1) is 10.0. The van der Waals surface area contributed by atoms with E-state index in [1.54, 1.807) is 12.1 Å². The number of carbonyl (C=O) groups excluding carboxylic acids is 1. The van der Waals surface area contributed by atoms with Crippen LogP contribution in [-0.4, -0.2) is 36.5 Å². The number of amides is 1. The molecule has 1 aromatic carbocycles. The normalized spacial score (nSPS) is 17.6. The van der Waals surface area contributed by atoms with Crippen molar-refractivity contribution in [2.45, 2.75) is 44.3 Å². The molecular weight excluding hydrogens is 269 g/mol. The van der Waals surface area contributed by atoms with Crippen molar-refractivity contribution in [1.29, 1.82) is 0 Å². The molecule has 3 N–H and O–H groups in total. The minimum Gasteiger partial charge on any atom is -0.353 e. The lowest BCUT2D eigenvalue weighted by Crippen LogP contribution is -2.43. The number of nitrogens with zero attached hydrogens (tertiary/aromatic N) is 1. The lowest BCUT2D eigenvalue weighted by Gasteiger charge is -2.32. The predicted molar refractivity (Wildman–Crippen MR) is 81.2 cm³/mol. The van der Waals surface area contributed by atoms with Crippen molar-refractivity contribution in [3.05, 3.63) is 35.6 Å². The van der Waals surface area contributed by atoms with E-state index in [1.807, 2.05) is 24.9 Å². The van der Waals surface area contributed by atoms with Gasteiger partial charge in [-0.1, -0.05) is 18.2 Å². The Hall–Kier alpha value is -1.46. The second-order valence-corrected chi connectivity index (χ2v) is 5.80. The summed E-state index contributed by atoms with van der Waals surface area (Å²) in [6.45, 7) is 2.30. The number of hydrogen-bond donors (Lipinski definition) is 2. The monoisotopic (exact) mass is 293 g/mol. The number of benzene rings is 1. The molecule has 2 unspecified atom stereocenters. The van der Waals surface area contributed by atoms with E-state index in [4.69, 9.17) is 5.73 Å². The second-order valence-electron chi connectivity index (χ2n) is 5.80. The molecule has 0 bridgehead atoms. The van der Waals surface area contributed by atoms with Crippen LogP contribution in [0.2, 0.25) is 0 Å². The van der Waals surface area contributed by atoms with Crippen molar-refractivity contribution < 1.29 is 9.18 Å². The summed E-state index contributed by atoms with van der Waals surface area (Å²) in [5.41, 5.74) is 6.43. The van der Waals surface area contributed by atoms with Crippen LogP contribution in [0.15, 0.2) is 24.3 Å². The molecule has 1 aliphatic carbocycles. The van der Waals surface area contributed by atoms with E-state index < -0.39 is 0 Å². The third-order valence-electron chi connectivity index (χ3n) is 4.18. The summed E-state index contributed by atoms with van der Waals surface area (Å²) in [7, 11) is 1.89. The highest BCUT2D eigenvalue weighted by atomic mass is 19.1. The van der Waals surface area contributed by atoms with E-state index in [0.717, 1.165) is 12.8 Å². The zero-order valence-corrected chi connectivity index (χ0v) is 12.7. The smallest absolute Gasteiger partial charge is 0.221 e. The quantitative estimate of drug-likeness (QED) is 0.806. The predicted octanol–water partition coefficient (Wildman–Crippen LogP) is 1.81. The van der Waals surface area contributed by atoms with Crippen LogP contribution in [0.4, 0.5) is 4.39 Å². The first kappa shape index (κ1) is 15.9. The number of carbonyl (C=O) groups is 1. The average molecular weight is 293 g/mol. The summed E-state index contributed by atoms with van der Waals surface area (Å²) >= 11 is 0. The number of nitrogens with two attached hydrogens (primary N) is 1. The molecule has 2 rings (SSSR count). The molecule has 1 saturated carbocycles. The van der Waals surface area contributed by atoms with Crippen molar-refractivity contribution in [2.75, 3.05) is 13.6 Å². The van der Waals surface area contributed by atoms with Gasteiger partial charge in [0.1, 0.15) is 5.82 Å². The number of hydrogen-bond acceptors (Lipinski definition) is 3. The van der Waals surface area contributed by atoms with Gasteiger partial charge < -0.3 is 11.1 Å². The number of likely N-dealkylation sites (N-methyl/N-ethyl adjacent to an activating group) is 1. The molecule has 0 heterocycles. The Morgan fingerprint density at radius 2 is 2.14 bits per heavy atom. The molecule has 1 amide bonds. The SMILES string of the molecule is CC(c1ccccc1F)N(C)C(CN)CC(=O)NC1CC1. The molecule has 1 fully saturated rings. The maximum absolute atomic E-state index is 13.9. The number of rotatable bonds is 7. The molecule has 0 aliphatic heterocycles. The van der Waals surface area contributed by atoms with Crippen LogP contribution in [-0.2, 0) is 4.79 Å². The summed E-state index contributed by atoms with van der Waals surface area (Å²) in [6.07, 6.45) is 2.49. The highest BCUT2D eigenvalue weighted by molar-refractivity contribution is 5.77. The van der Waals surface area contributed by atoms with Crippen LogP contribution in [0.25, 0.3) is 0 Å². The molecule has 21 heavy (non-hydrogen) atoms. The lowest BCUT2D eigenvalue weighted by atomic mass is 10.0. The van der Waals surface area contributed by atoms with E-state index in [2.05, 4.69) is 5.32 Å². The summed E-state index contributed by atoms with van der Waals surface area (Å²) in [5, 5.41) is 2.97. The lowest BCUT2D eigenvalue weighted by molar-refractivity contribution is -0.122. The Morgan fingerprint density at radius 1 is 1.48 bits per heavy atom. The Labute approximate surface area is 125 Å². The molecule has 0 saturated heterocycles. The fraction of sp³-hybridized carbons (Fsp3) is 0.562. The Bertz CT molecular complexity index is 490. The molecule has 0 aromatic heterocycles. The highest BCUT2D eigenvalue weighted by Gasteiger charge is 2.27. The largest absolute Gasteiger partial charge is 0.353 e. The molecule has 1 aliphatic rings. The minimum absolute atomic E-state index is 0.0283. The topological polar surface area (TPSA) is 58.4 Å². The summed E-state index contributed by atoms with van der Waals surface area (Å²) < 4.78 is 13.9. The summed E-state index contributed by atoms with van der Waals surface area (Å²) in [6, 6.07) is 6.84. The first-order valence-electron chi connectivity index (χ1n) is 7.48. The third-order valence-corrected chi connectivity index (χ3v) is 4.18. The molecule has 0 spiro atoms. The van der Waals surface area contributed by atoms with Crippen molar-refractivity contribution in [3.63, 3.8) is 0 Å². The minimum atomic E-state index is -0.227. The molecule has 1 aromatic rings. The fourth-order valence-corrected chi connectivity index (χ4v) is 2.47. The maximum Gasteiger partial charge on any atom is 0.221 e.